The first kappa shape index (κ1) is 21.5. The van der Waals surface area contributed by atoms with E-state index in [9.17, 15) is 9.59 Å². The summed E-state index contributed by atoms with van der Waals surface area (Å²) < 4.78 is 16.0. The number of hydrogen-bond donors (Lipinski definition) is 1. The van der Waals surface area contributed by atoms with E-state index < -0.39 is 0 Å². The van der Waals surface area contributed by atoms with Crippen molar-refractivity contribution in [3.63, 3.8) is 0 Å². The number of carbonyl (C=O) groups excluding carboxylic acids is 2. The predicted octanol–water partition coefficient (Wildman–Crippen LogP) is 2.68. The van der Waals surface area contributed by atoms with E-state index in [0.29, 0.717) is 42.3 Å². The number of piperidine rings is 1. The van der Waals surface area contributed by atoms with Crippen molar-refractivity contribution in [2.75, 3.05) is 34.4 Å². The second-order valence-electron chi connectivity index (χ2n) is 7.21. The van der Waals surface area contributed by atoms with Crippen LogP contribution in [0.1, 0.15) is 28.8 Å². The highest BCUT2D eigenvalue weighted by atomic mass is 16.5. The molecule has 7 heteroatoms. The summed E-state index contributed by atoms with van der Waals surface area (Å²) in [4.78, 5) is 27.1. The Morgan fingerprint density at radius 3 is 2.10 bits per heavy atom. The lowest BCUT2D eigenvalue weighted by Crippen LogP contribution is -2.46. The van der Waals surface area contributed by atoms with Gasteiger partial charge in [0.1, 0.15) is 0 Å². The normalized spacial score (nSPS) is 14.2. The molecule has 0 radical (unpaired) electrons. The molecule has 2 amide bonds. The summed E-state index contributed by atoms with van der Waals surface area (Å²) in [7, 11) is 4.57. The molecule has 1 aliphatic heterocycles. The van der Waals surface area contributed by atoms with E-state index in [-0.39, 0.29) is 17.9 Å². The van der Waals surface area contributed by atoms with Gasteiger partial charge in [0.25, 0.3) is 5.91 Å². The number of methoxy groups -OCH3 is 3. The van der Waals surface area contributed by atoms with Gasteiger partial charge >= 0.3 is 0 Å². The molecule has 30 heavy (non-hydrogen) atoms. The first-order valence-electron chi connectivity index (χ1n) is 9.98. The number of rotatable bonds is 7. The molecule has 1 fully saturated rings. The molecule has 2 aromatic carbocycles. The van der Waals surface area contributed by atoms with Crippen LogP contribution in [0.15, 0.2) is 42.5 Å². The molecule has 0 bridgehead atoms. The van der Waals surface area contributed by atoms with Gasteiger partial charge in [0.2, 0.25) is 11.7 Å². The zero-order valence-corrected chi connectivity index (χ0v) is 17.6. The maximum atomic E-state index is 13.0. The quantitative estimate of drug-likeness (QED) is 0.757. The van der Waals surface area contributed by atoms with Crippen molar-refractivity contribution >= 4 is 11.8 Å². The third kappa shape index (κ3) is 5.03. The monoisotopic (exact) mass is 412 g/mol. The minimum absolute atomic E-state index is 0.00982. The molecule has 0 aliphatic carbocycles. The Balaban J connectivity index is 1.58. The van der Waals surface area contributed by atoms with Crippen molar-refractivity contribution in [2.45, 2.75) is 25.3 Å². The largest absolute Gasteiger partial charge is 0.493 e. The van der Waals surface area contributed by atoms with Gasteiger partial charge in [0.15, 0.2) is 11.5 Å². The van der Waals surface area contributed by atoms with E-state index in [1.54, 1.807) is 17.0 Å². The standard InChI is InChI=1S/C23H28N2O5/c1-28-19-14-17(15-20(29-2)22(19)30-3)23(27)25-11-9-18(10-12-25)24-21(26)13-16-7-5-4-6-8-16/h4-8,14-15,18H,9-13H2,1-3H3,(H,24,26). The van der Waals surface area contributed by atoms with Crippen molar-refractivity contribution in [1.29, 1.82) is 0 Å². The summed E-state index contributed by atoms with van der Waals surface area (Å²) in [5, 5.41) is 3.08. The molecule has 0 atom stereocenters. The number of nitrogens with zero attached hydrogens (tertiary/aromatic N) is 1. The van der Waals surface area contributed by atoms with Crippen LogP contribution in [0.5, 0.6) is 17.2 Å². The van der Waals surface area contributed by atoms with Gasteiger partial charge in [0, 0.05) is 24.7 Å². The topological polar surface area (TPSA) is 77.1 Å². The molecule has 1 saturated heterocycles. The van der Waals surface area contributed by atoms with Gasteiger partial charge in [-0.2, -0.15) is 0 Å². The first-order chi connectivity index (χ1) is 14.5. The van der Waals surface area contributed by atoms with Crippen LogP contribution in [0.25, 0.3) is 0 Å². The molecule has 0 aromatic heterocycles. The Bertz CT molecular complexity index is 851. The summed E-state index contributed by atoms with van der Waals surface area (Å²) >= 11 is 0. The summed E-state index contributed by atoms with van der Waals surface area (Å²) in [6.07, 6.45) is 1.80. The van der Waals surface area contributed by atoms with Gasteiger partial charge in [-0.05, 0) is 30.5 Å². The maximum Gasteiger partial charge on any atom is 0.254 e. The van der Waals surface area contributed by atoms with E-state index in [2.05, 4.69) is 5.32 Å². The lowest BCUT2D eigenvalue weighted by atomic mass is 10.0. The van der Waals surface area contributed by atoms with E-state index in [1.165, 1.54) is 21.3 Å². The Kier molecular flexibility index (Phi) is 7.17. The molecule has 1 aliphatic rings. The van der Waals surface area contributed by atoms with Crippen LogP contribution >= 0.6 is 0 Å². The van der Waals surface area contributed by atoms with Crippen LogP contribution in [-0.2, 0) is 11.2 Å². The third-order valence-electron chi connectivity index (χ3n) is 5.27. The molecule has 1 N–H and O–H groups in total. The highest BCUT2D eigenvalue weighted by Crippen LogP contribution is 2.38. The van der Waals surface area contributed by atoms with Crippen molar-refractivity contribution in [3.05, 3.63) is 53.6 Å². The fraction of sp³-hybridized carbons (Fsp3) is 0.391. The third-order valence-corrected chi connectivity index (χ3v) is 5.27. The van der Waals surface area contributed by atoms with Crippen LogP contribution in [0.3, 0.4) is 0 Å². The number of nitrogens with one attached hydrogen (secondary N) is 1. The Morgan fingerprint density at radius 1 is 0.967 bits per heavy atom. The smallest absolute Gasteiger partial charge is 0.254 e. The zero-order chi connectivity index (χ0) is 21.5. The van der Waals surface area contributed by atoms with Gasteiger partial charge in [-0.25, -0.2) is 0 Å². The van der Waals surface area contributed by atoms with Crippen molar-refractivity contribution in [1.82, 2.24) is 10.2 Å². The summed E-state index contributed by atoms with van der Waals surface area (Å²) in [6.45, 7) is 1.15. The Morgan fingerprint density at radius 2 is 1.57 bits per heavy atom. The van der Waals surface area contributed by atoms with E-state index in [0.717, 1.165) is 18.4 Å². The van der Waals surface area contributed by atoms with Crippen molar-refractivity contribution in [3.8, 4) is 17.2 Å². The second kappa shape index (κ2) is 10.0. The average molecular weight is 412 g/mol. The van der Waals surface area contributed by atoms with Crippen LogP contribution < -0.4 is 19.5 Å². The Labute approximate surface area is 176 Å². The molecule has 7 nitrogen and oxygen atoms in total. The molecule has 0 saturated carbocycles. The number of carbonyl (C=O) groups is 2. The van der Waals surface area contributed by atoms with E-state index in [4.69, 9.17) is 14.2 Å². The van der Waals surface area contributed by atoms with Crippen molar-refractivity contribution < 1.29 is 23.8 Å². The van der Waals surface area contributed by atoms with Gasteiger partial charge in [-0.1, -0.05) is 30.3 Å². The highest BCUT2D eigenvalue weighted by molar-refractivity contribution is 5.95. The van der Waals surface area contributed by atoms with E-state index in [1.807, 2.05) is 30.3 Å². The van der Waals surface area contributed by atoms with E-state index >= 15 is 0 Å². The molecule has 0 spiro atoms. The summed E-state index contributed by atoms with van der Waals surface area (Å²) in [6, 6.07) is 13.1. The molecule has 1 heterocycles. The highest BCUT2D eigenvalue weighted by Gasteiger charge is 2.26. The van der Waals surface area contributed by atoms with Gasteiger partial charge in [-0.15, -0.1) is 0 Å². The number of likely N-dealkylation sites (tertiary alicyclic amines) is 1. The fourth-order valence-corrected chi connectivity index (χ4v) is 3.67. The molecule has 160 valence electrons. The van der Waals surface area contributed by atoms with Crippen LogP contribution in [-0.4, -0.2) is 57.2 Å². The fourth-order valence-electron chi connectivity index (χ4n) is 3.67. The van der Waals surface area contributed by atoms with Crippen molar-refractivity contribution in [2.24, 2.45) is 0 Å². The van der Waals surface area contributed by atoms with Crippen LogP contribution in [0.2, 0.25) is 0 Å². The molecule has 0 unspecified atom stereocenters. The van der Waals surface area contributed by atoms with Crippen LogP contribution in [0.4, 0.5) is 0 Å². The Hall–Kier alpha value is -3.22. The second-order valence-corrected chi connectivity index (χ2v) is 7.21. The summed E-state index contributed by atoms with van der Waals surface area (Å²) in [5.41, 5.74) is 1.47. The minimum atomic E-state index is -0.0942. The minimum Gasteiger partial charge on any atom is -0.493 e. The number of ether oxygens (including phenoxy) is 3. The van der Waals surface area contributed by atoms with Gasteiger partial charge in [0.05, 0.1) is 27.8 Å². The lowest BCUT2D eigenvalue weighted by molar-refractivity contribution is -0.121. The number of hydrogen-bond acceptors (Lipinski definition) is 5. The number of amides is 2. The SMILES string of the molecule is COc1cc(C(=O)N2CCC(NC(=O)Cc3ccccc3)CC2)cc(OC)c1OC. The first-order valence-corrected chi connectivity index (χ1v) is 9.98. The summed E-state index contributed by atoms with van der Waals surface area (Å²) in [5.74, 6) is 1.27. The average Bonchev–Trinajstić information content (AvgIpc) is 2.78. The van der Waals surface area contributed by atoms with Gasteiger partial charge in [-0.3, -0.25) is 9.59 Å². The molecule has 2 aromatic rings. The molecular weight excluding hydrogens is 384 g/mol. The van der Waals surface area contributed by atoms with Crippen LogP contribution in [0, 0.1) is 0 Å². The lowest BCUT2D eigenvalue weighted by Gasteiger charge is -2.32. The molecular formula is C23H28N2O5. The maximum absolute atomic E-state index is 13.0. The number of benzene rings is 2. The van der Waals surface area contributed by atoms with Gasteiger partial charge < -0.3 is 24.4 Å². The molecule has 3 rings (SSSR count). The predicted molar refractivity (Wildman–Crippen MR) is 113 cm³/mol. The zero-order valence-electron chi connectivity index (χ0n) is 17.6.